The predicted molar refractivity (Wildman–Crippen MR) is 105 cm³/mol. The van der Waals surface area contributed by atoms with Gasteiger partial charge in [0, 0.05) is 5.56 Å². The van der Waals surface area contributed by atoms with Gasteiger partial charge in [-0.15, -0.1) is 0 Å². The van der Waals surface area contributed by atoms with Gasteiger partial charge in [-0.25, -0.2) is 14.8 Å². The summed E-state index contributed by atoms with van der Waals surface area (Å²) in [5.74, 6) is -0.164. The third kappa shape index (κ3) is 3.42. The molecule has 0 aliphatic heterocycles. The minimum absolute atomic E-state index is 0.273. The Balaban J connectivity index is 1.78. The van der Waals surface area contributed by atoms with Crippen molar-refractivity contribution in [3.05, 3.63) is 65.9 Å². The summed E-state index contributed by atoms with van der Waals surface area (Å²) in [7, 11) is 0. The Kier molecular flexibility index (Phi) is 4.72. The van der Waals surface area contributed by atoms with Crippen LogP contribution in [-0.4, -0.2) is 27.5 Å². The van der Waals surface area contributed by atoms with Crippen LogP contribution >= 0.6 is 0 Å². The summed E-state index contributed by atoms with van der Waals surface area (Å²) in [5.41, 5.74) is 3.52. The van der Waals surface area contributed by atoms with E-state index in [0.717, 1.165) is 11.1 Å². The fourth-order valence-corrected chi connectivity index (χ4v) is 2.90. The van der Waals surface area contributed by atoms with E-state index in [4.69, 9.17) is 9.15 Å². The number of nitrogens with one attached hydrogen (secondary N) is 1. The molecule has 0 radical (unpaired) electrons. The van der Waals surface area contributed by atoms with Crippen molar-refractivity contribution < 1.29 is 13.9 Å². The molecule has 0 amide bonds. The molecular formula is C21H18N4O3. The number of ether oxygens (including phenoxy) is 1. The highest BCUT2D eigenvalue weighted by Gasteiger charge is 2.21. The number of anilines is 2. The molecule has 0 saturated carbocycles. The highest BCUT2D eigenvalue weighted by atomic mass is 16.5. The van der Waals surface area contributed by atoms with Crippen LogP contribution in [0.15, 0.2) is 59.0 Å². The lowest BCUT2D eigenvalue weighted by atomic mass is 10.0. The maximum Gasteiger partial charge on any atom is 0.342 e. The number of aromatic nitrogens is 3. The summed E-state index contributed by atoms with van der Waals surface area (Å²) >= 11 is 0. The average Bonchev–Trinajstić information content (AvgIpc) is 3.10. The fourth-order valence-electron chi connectivity index (χ4n) is 2.90. The first-order chi connectivity index (χ1) is 13.7. The number of fused-ring (bicyclic) bond motifs is 1. The van der Waals surface area contributed by atoms with Gasteiger partial charge in [-0.3, -0.25) is 5.32 Å². The Bertz CT molecular complexity index is 1110. The molecule has 2 aromatic carbocycles. The molecule has 0 aliphatic carbocycles. The first-order valence-corrected chi connectivity index (χ1v) is 8.89. The summed E-state index contributed by atoms with van der Waals surface area (Å²) in [4.78, 5) is 25.8. The summed E-state index contributed by atoms with van der Waals surface area (Å²) in [6, 6.07) is 17.2. The van der Waals surface area contributed by atoms with Crippen LogP contribution in [-0.2, 0) is 4.74 Å². The number of benzene rings is 2. The van der Waals surface area contributed by atoms with Crippen molar-refractivity contribution in [3.8, 4) is 11.3 Å². The van der Waals surface area contributed by atoms with E-state index in [2.05, 4.69) is 20.3 Å². The molecule has 0 unspecified atom stereocenters. The number of rotatable bonds is 5. The zero-order valence-corrected chi connectivity index (χ0v) is 15.5. The van der Waals surface area contributed by atoms with Crippen LogP contribution in [0, 0.1) is 6.92 Å². The Morgan fingerprint density at radius 3 is 2.54 bits per heavy atom. The largest absolute Gasteiger partial charge is 0.462 e. The molecule has 4 rings (SSSR count). The minimum Gasteiger partial charge on any atom is -0.462 e. The molecule has 0 bridgehead atoms. The van der Waals surface area contributed by atoms with Crippen LogP contribution in [0.1, 0.15) is 23.0 Å². The van der Waals surface area contributed by atoms with Crippen molar-refractivity contribution in [2.24, 2.45) is 0 Å². The Hall–Kier alpha value is -3.74. The lowest BCUT2D eigenvalue weighted by Gasteiger charge is -2.12. The molecule has 0 atom stereocenters. The number of oxazole rings is 1. The van der Waals surface area contributed by atoms with E-state index in [1.807, 2.05) is 54.6 Å². The number of hydrogen-bond acceptors (Lipinski definition) is 7. The molecular weight excluding hydrogens is 356 g/mol. The molecule has 0 saturated heterocycles. The zero-order valence-electron chi connectivity index (χ0n) is 15.5. The van der Waals surface area contributed by atoms with E-state index in [9.17, 15) is 4.79 Å². The summed E-state index contributed by atoms with van der Waals surface area (Å²) in [6.45, 7) is 3.78. The second-order valence-electron chi connectivity index (χ2n) is 6.05. The molecule has 0 aliphatic rings. The quantitative estimate of drug-likeness (QED) is 0.514. The Morgan fingerprint density at radius 1 is 1.04 bits per heavy atom. The van der Waals surface area contributed by atoms with E-state index >= 15 is 0 Å². The molecule has 1 N–H and O–H groups in total. The van der Waals surface area contributed by atoms with Gasteiger partial charge >= 0.3 is 12.0 Å². The Labute approximate surface area is 161 Å². The molecule has 28 heavy (non-hydrogen) atoms. The summed E-state index contributed by atoms with van der Waals surface area (Å²) in [5, 5.41) is 2.99. The van der Waals surface area contributed by atoms with Crippen molar-refractivity contribution in [1.82, 2.24) is 15.0 Å². The number of carbonyl (C=O) groups excluding carboxylic acids is 1. The molecule has 0 fully saturated rings. The highest BCUT2D eigenvalue weighted by molar-refractivity contribution is 5.97. The van der Waals surface area contributed by atoms with Crippen LogP contribution in [0.3, 0.4) is 0 Å². The van der Waals surface area contributed by atoms with Crippen LogP contribution in [0.25, 0.3) is 22.4 Å². The molecule has 2 heterocycles. The van der Waals surface area contributed by atoms with Crippen molar-refractivity contribution in [2.75, 3.05) is 11.9 Å². The molecule has 7 nitrogen and oxygen atoms in total. The van der Waals surface area contributed by atoms with Crippen molar-refractivity contribution in [1.29, 1.82) is 0 Å². The lowest BCUT2D eigenvalue weighted by Crippen LogP contribution is -2.13. The second-order valence-corrected chi connectivity index (χ2v) is 6.05. The van der Waals surface area contributed by atoms with E-state index in [0.29, 0.717) is 22.5 Å². The second kappa shape index (κ2) is 7.48. The fraction of sp³-hybridized carbons (Fsp3) is 0.143. The van der Waals surface area contributed by atoms with Crippen LogP contribution in [0.4, 0.5) is 12.0 Å². The van der Waals surface area contributed by atoms with Gasteiger partial charge in [0.1, 0.15) is 11.1 Å². The smallest absolute Gasteiger partial charge is 0.342 e. The number of carbonyl (C=O) groups is 1. The van der Waals surface area contributed by atoms with Crippen LogP contribution in [0.2, 0.25) is 0 Å². The van der Waals surface area contributed by atoms with E-state index in [1.165, 1.54) is 0 Å². The van der Waals surface area contributed by atoms with Crippen molar-refractivity contribution in [2.45, 2.75) is 13.8 Å². The number of aryl methyl sites for hydroxylation is 1. The third-order valence-corrected chi connectivity index (χ3v) is 4.13. The number of para-hydroxylation sites is 2. The van der Waals surface area contributed by atoms with Gasteiger partial charge in [-0.05, 0) is 26.0 Å². The predicted octanol–water partition coefficient (Wildman–Crippen LogP) is 4.51. The van der Waals surface area contributed by atoms with Crippen LogP contribution < -0.4 is 5.32 Å². The summed E-state index contributed by atoms with van der Waals surface area (Å²) in [6.07, 6.45) is 0. The molecule has 4 aromatic rings. The van der Waals surface area contributed by atoms with E-state index in [-0.39, 0.29) is 18.6 Å². The highest BCUT2D eigenvalue weighted by Crippen LogP contribution is 2.27. The number of nitrogens with zero attached hydrogens (tertiary/aromatic N) is 3. The van der Waals surface area contributed by atoms with Crippen molar-refractivity contribution >= 4 is 29.0 Å². The van der Waals surface area contributed by atoms with Gasteiger partial charge in [0.2, 0.25) is 5.95 Å². The monoisotopic (exact) mass is 374 g/mol. The number of hydrogen-bond donors (Lipinski definition) is 1. The number of esters is 1. The van der Waals surface area contributed by atoms with Gasteiger partial charge in [-0.1, -0.05) is 42.5 Å². The maximum atomic E-state index is 12.5. The molecule has 7 heteroatoms. The molecule has 140 valence electrons. The molecule has 2 aromatic heterocycles. The average molecular weight is 374 g/mol. The first-order valence-electron chi connectivity index (χ1n) is 8.89. The van der Waals surface area contributed by atoms with Crippen molar-refractivity contribution in [3.63, 3.8) is 0 Å². The standard InChI is InChI=1S/C21H18N4O3/c1-3-27-19(26)17-13(2)22-20(24-18(17)14-9-5-4-6-10-14)25-21-23-15-11-7-8-12-16(15)28-21/h4-12H,3H2,1-2H3,(H,22,23,24,25). The van der Waals surface area contributed by atoms with E-state index in [1.54, 1.807) is 13.8 Å². The van der Waals surface area contributed by atoms with Gasteiger partial charge in [-0.2, -0.15) is 4.98 Å². The SMILES string of the molecule is CCOC(=O)c1c(C)nc(Nc2nc3ccccc3o2)nc1-c1ccccc1. The molecule has 0 spiro atoms. The van der Waals surface area contributed by atoms with E-state index < -0.39 is 5.97 Å². The topological polar surface area (TPSA) is 90.1 Å². The summed E-state index contributed by atoms with van der Waals surface area (Å²) < 4.78 is 10.9. The first kappa shape index (κ1) is 17.7. The van der Waals surface area contributed by atoms with Gasteiger partial charge in [0.15, 0.2) is 5.58 Å². The Morgan fingerprint density at radius 2 is 1.79 bits per heavy atom. The third-order valence-electron chi connectivity index (χ3n) is 4.13. The lowest BCUT2D eigenvalue weighted by molar-refractivity contribution is 0.0525. The van der Waals surface area contributed by atoms with Gasteiger partial charge in [0.05, 0.1) is 18.0 Å². The van der Waals surface area contributed by atoms with Gasteiger partial charge in [0.25, 0.3) is 0 Å². The van der Waals surface area contributed by atoms with Gasteiger partial charge < -0.3 is 9.15 Å². The normalized spacial score (nSPS) is 10.8. The van der Waals surface area contributed by atoms with Crippen LogP contribution in [0.5, 0.6) is 0 Å². The maximum absolute atomic E-state index is 12.5. The minimum atomic E-state index is -0.452. The zero-order chi connectivity index (χ0) is 19.5.